The summed E-state index contributed by atoms with van der Waals surface area (Å²) in [5, 5.41) is 2.67. The first-order chi connectivity index (χ1) is 14.0. The van der Waals surface area contributed by atoms with E-state index in [1.54, 1.807) is 37.3 Å². The summed E-state index contributed by atoms with van der Waals surface area (Å²) in [6, 6.07) is 19.1. The van der Waals surface area contributed by atoms with Crippen molar-refractivity contribution in [2.75, 3.05) is 14.2 Å². The van der Waals surface area contributed by atoms with E-state index in [1.807, 2.05) is 36.4 Å². The van der Waals surface area contributed by atoms with Gasteiger partial charge in [0.2, 0.25) is 5.91 Å². The average molecular weight is 387 g/mol. The molecule has 3 aromatic carbocycles. The second-order valence-corrected chi connectivity index (χ2v) is 6.99. The van der Waals surface area contributed by atoms with Crippen molar-refractivity contribution >= 4 is 27.6 Å². The van der Waals surface area contributed by atoms with Gasteiger partial charge >= 0.3 is 0 Å². The molecule has 0 saturated heterocycles. The van der Waals surface area contributed by atoms with Crippen molar-refractivity contribution in [2.45, 2.75) is 13.1 Å². The zero-order chi connectivity index (χ0) is 20.4. The maximum Gasteiger partial charge on any atom is 0.261 e. The molecule has 4 aromatic rings. The molecule has 0 atom stereocenters. The van der Waals surface area contributed by atoms with Crippen molar-refractivity contribution in [2.24, 2.45) is 0 Å². The minimum Gasteiger partial charge on any atom is -0.497 e. The summed E-state index contributed by atoms with van der Waals surface area (Å²) in [4.78, 5) is 31.1. The Morgan fingerprint density at radius 1 is 1.07 bits per heavy atom. The highest BCUT2D eigenvalue weighted by molar-refractivity contribution is 5.85. The molecule has 0 saturated carbocycles. The number of benzene rings is 3. The van der Waals surface area contributed by atoms with Crippen molar-refractivity contribution < 1.29 is 9.53 Å². The molecule has 0 spiro atoms. The van der Waals surface area contributed by atoms with Gasteiger partial charge in [0.05, 0.1) is 24.3 Å². The number of amides is 1. The highest BCUT2D eigenvalue weighted by Gasteiger charge is 2.13. The smallest absolute Gasteiger partial charge is 0.261 e. The predicted molar refractivity (Wildman–Crippen MR) is 113 cm³/mol. The van der Waals surface area contributed by atoms with Crippen molar-refractivity contribution in [3.05, 3.63) is 82.9 Å². The third-order valence-corrected chi connectivity index (χ3v) is 4.99. The molecule has 0 aliphatic rings. The fourth-order valence-corrected chi connectivity index (χ4v) is 3.35. The Kier molecular flexibility index (Phi) is 4.99. The zero-order valence-corrected chi connectivity index (χ0v) is 16.3. The maximum absolute atomic E-state index is 12.7. The summed E-state index contributed by atoms with van der Waals surface area (Å²) in [7, 11) is 3.38. The van der Waals surface area contributed by atoms with Crippen LogP contribution in [0.25, 0.3) is 21.7 Å². The lowest BCUT2D eigenvalue weighted by Crippen LogP contribution is -2.33. The number of hydrogen-bond donors (Lipinski definition) is 0. The topological polar surface area (TPSA) is 64.4 Å². The molecule has 1 heterocycles. The summed E-state index contributed by atoms with van der Waals surface area (Å²) >= 11 is 0. The Labute approximate surface area is 168 Å². The Bertz CT molecular complexity index is 1260. The van der Waals surface area contributed by atoms with E-state index in [-0.39, 0.29) is 18.0 Å². The molecule has 0 aliphatic carbocycles. The summed E-state index contributed by atoms with van der Waals surface area (Å²) in [6.45, 7) is 0.411. The van der Waals surface area contributed by atoms with Gasteiger partial charge in [-0.3, -0.25) is 14.2 Å². The van der Waals surface area contributed by atoms with Gasteiger partial charge in [0, 0.05) is 13.6 Å². The zero-order valence-electron chi connectivity index (χ0n) is 16.3. The van der Waals surface area contributed by atoms with Gasteiger partial charge in [-0.25, -0.2) is 4.98 Å². The number of methoxy groups -OCH3 is 1. The van der Waals surface area contributed by atoms with E-state index in [9.17, 15) is 9.59 Å². The van der Waals surface area contributed by atoms with Gasteiger partial charge in [0.15, 0.2) is 0 Å². The van der Waals surface area contributed by atoms with E-state index in [4.69, 9.17) is 4.74 Å². The van der Waals surface area contributed by atoms with Crippen LogP contribution in [0.4, 0.5) is 0 Å². The third kappa shape index (κ3) is 3.82. The first-order valence-corrected chi connectivity index (χ1v) is 9.30. The largest absolute Gasteiger partial charge is 0.497 e. The molecule has 1 aromatic heterocycles. The van der Waals surface area contributed by atoms with E-state index >= 15 is 0 Å². The molecular weight excluding hydrogens is 366 g/mol. The highest BCUT2D eigenvalue weighted by atomic mass is 16.5. The molecule has 29 heavy (non-hydrogen) atoms. The van der Waals surface area contributed by atoms with Crippen LogP contribution in [-0.2, 0) is 17.9 Å². The Balaban J connectivity index is 1.50. The van der Waals surface area contributed by atoms with E-state index in [2.05, 4.69) is 11.1 Å². The molecule has 146 valence electrons. The van der Waals surface area contributed by atoms with Crippen LogP contribution in [0.15, 0.2) is 71.8 Å². The number of para-hydroxylation sites is 1. The molecule has 0 fully saturated rings. The molecule has 1 amide bonds. The number of ether oxygens (including phenoxy) is 1. The van der Waals surface area contributed by atoms with Gasteiger partial charge < -0.3 is 9.64 Å². The SMILES string of the molecule is COc1ccc2cc(CN(C)C(=O)Cn3cnc4ccccc4c3=O)ccc2c1. The molecule has 0 N–H and O–H groups in total. The summed E-state index contributed by atoms with van der Waals surface area (Å²) < 4.78 is 6.61. The van der Waals surface area contributed by atoms with Crippen LogP contribution in [0.3, 0.4) is 0 Å². The molecule has 6 heteroatoms. The molecule has 6 nitrogen and oxygen atoms in total. The van der Waals surface area contributed by atoms with Crippen molar-refractivity contribution in [1.29, 1.82) is 0 Å². The number of carbonyl (C=O) groups is 1. The minimum atomic E-state index is -0.211. The van der Waals surface area contributed by atoms with Gasteiger partial charge in [-0.15, -0.1) is 0 Å². The standard InChI is InChI=1S/C23H21N3O3/c1-25(13-16-7-8-18-12-19(29-2)10-9-17(18)11-16)22(27)14-26-15-24-21-6-4-3-5-20(21)23(26)28/h3-12,15H,13-14H2,1-2H3. The molecule has 4 rings (SSSR count). The van der Waals surface area contributed by atoms with Crippen LogP contribution in [0, 0.1) is 0 Å². The number of carbonyl (C=O) groups excluding carboxylic acids is 1. The van der Waals surface area contributed by atoms with Crippen molar-refractivity contribution in [1.82, 2.24) is 14.5 Å². The van der Waals surface area contributed by atoms with E-state index in [0.717, 1.165) is 22.1 Å². The molecular formula is C23H21N3O3. The predicted octanol–water partition coefficient (Wildman–Crippen LogP) is 3.22. The van der Waals surface area contributed by atoms with Gasteiger partial charge in [-0.2, -0.15) is 0 Å². The Morgan fingerprint density at radius 3 is 2.66 bits per heavy atom. The number of rotatable bonds is 5. The van der Waals surface area contributed by atoms with Crippen molar-refractivity contribution in [3.63, 3.8) is 0 Å². The van der Waals surface area contributed by atoms with Crippen LogP contribution in [-0.4, -0.2) is 34.5 Å². The van der Waals surface area contributed by atoms with Crippen LogP contribution in [0.1, 0.15) is 5.56 Å². The highest BCUT2D eigenvalue weighted by Crippen LogP contribution is 2.22. The summed E-state index contributed by atoms with van der Waals surface area (Å²) in [6.07, 6.45) is 1.43. The van der Waals surface area contributed by atoms with Gasteiger partial charge in [0.1, 0.15) is 12.3 Å². The van der Waals surface area contributed by atoms with Crippen LogP contribution >= 0.6 is 0 Å². The number of fused-ring (bicyclic) bond motifs is 2. The molecule has 0 unspecified atom stereocenters. The molecule has 0 radical (unpaired) electrons. The fraction of sp³-hybridized carbons (Fsp3) is 0.174. The van der Waals surface area contributed by atoms with Gasteiger partial charge in [-0.05, 0) is 46.7 Å². The number of hydrogen-bond acceptors (Lipinski definition) is 4. The quantitative estimate of drug-likeness (QED) is 0.527. The number of aromatic nitrogens is 2. The van der Waals surface area contributed by atoms with Crippen LogP contribution in [0.5, 0.6) is 5.75 Å². The fourth-order valence-electron chi connectivity index (χ4n) is 3.35. The lowest BCUT2D eigenvalue weighted by molar-refractivity contribution is -0.131. The Morgan fingerprint density at radius 2 is 1.83 bits per heavy atom. The van der Waals surface area contributed by atoms with E-state index in [0.29, 0.717) is 17.4 Å². The Hall–Kier alpha value is -3.67. The number of likely N-dealkylation sites (N-methyl/N-ethyl adjacent to an activating group) is 1. The average Bonchev–Trinajstić information content (AvgIpc) is 2.75. The van der Waals surface area contributed by atoms with Crippen molar-refractivity contribution in [3.8, 4) is 5.75 Å². The van der Waals surface area contributed by atoms with Gasteiger partial charge in [0.25, 0.3) is 5.56 Å². The first-order valence-electron chi connectivity index (χ1n) is 9.30. The second kappa shape index (κ2) is 7.75. The molecule has 0 aliphatic heterocycles. The lowest BCUT2D eigenvalue weighted by Gasteiger charge is -2.18. The summed E-state index contributed by atoms with van der Waals surface area (Å²) in [5.74, 6) is 0.658. The van der Waals surface area contributed by atoms with Crippen LogP contribution < -0.4 is 10.3 Å². The second-order valence-electron chi connectivity index (χ2n) is 6.99. The van der Waals surface area contributed by atoms with Crippen LogP contribution in [0.2, 0.25) is 0 Å². The number of nitrogens with zero attached hydrogens (tertiary/aromatic N) is 3. The first kappa shape index (κ1) is 18.7. The molecule has 0 bridgehead atoms. The third-order valence-electron chi connectivity index (χ3n) is 4.99. The summed E-state index contributed by atoms with van der Waals surface area (Å²) in [5.41, 5.74) is 1.43. The minimum absolute atomic E-state index is 0.0437. The van der Waals surface area contributed by atoms with E-state index < -0.39 is 0 Å². The lowest BCUT2D eigenvalue weighted by atomic mass is 10.1. The monoisotopic (exact) mass is 387 g/mol. The van der Waals surface area contributed by atoms with E-state index in [1.165, 1.54) is 10.9 Å². The normalized spacial score (nSPS) is 11.0. The van der Waals surface area contributed by atoms with Gasteiger partial charge in [-0.1, -0.05) is 30.3 Å². The maximum atomic E-state index is 12.7.